The summed E-state index contributed by atoms with van der Waals surface area (Å²) in [5, 5.41) is 0. The van der Waals surface area contributed by atoms with E-state index in [0.29, 0.717) is 13.2 Å². The van der Waals surface area contributed by atoms with Gasteiger partial charge in [0.2, 0.25) is 0 Å². The van der Waals surface area contributed by atoms with E-state index in [2.05, 4.69) is 0 Å². The van der Waals surface area contributed by atoms with Crippen LogP contribution in [0.15, 0.2) is 24.3 Å². The van der Waals surface area contributed by atoms with Gasteiger partial charge in [-0.05, 0) is 30.5 Å². The third kappa shape index (κ3) is 11.1. The van der Waals surface area contributed by atoms with Crippen molar-refractivity contribution in [3.05, 3.63) is 29.8 Å². The number of hydrogen-bond donors (Lipinski definition) is 0. The van der Waals surface area contributed by atoms with Crippen molar-refractivity contribution >= 4 is 5.97 Å². The fourth-order valence-corrected chi connectivity index (χ4v) is 2.49. The Balaban J connectivity index is 1.82. The molecular weight excluding hydrogens is 304 g/mol. The number of esters is 1. The Morgan fingerprint density at radius 3 is 1.92 bits per heavy atom. The summed E-state index contributed by atoms with van der Waals surface area (Å²) in [4.78, 5) is 10.6. The fraction of sp³-hybridized carbons (Fsp3) is 0.650. The summed E-state index contributed by atoms with van der Waals surface area (Å²) in [6, 6.07) is 8.01. The molecule has 1 rings (SSSR count). The van der Waals surface area contributed by atoms with Crippen molar-refractivity contribution in [3.63, 3.8) is 0 Å². The molecule has 0 aliphatic rings. The summed E-state index contributed by atoms with van der Waals surface area (Å²) < 4.78 is 15.7. The lowest BCUT2D eigenvalue weighted by Crippen LogP contribution is -2.00. The quantitative estimate of drug-likeness (QED) is 0.358. The molecule has 0 heterocycles. The Kier molecular flexibility index (Phi) is 11.8. The Bertz CT molecular complexity index is 428. The maximum atomic E-state index is 10.6. The Labute approximate surface area is 146 Å². The zero-order valence-corrected chi connectivity index (χ0v) is 15.2. The van der Waals surface area contributed by atoms with E-state index in [1.165, 1.54) is 44.6 Å². The minimum atomic E-state index is -0.177. The SMILES string of the molecule is COc1ccc(COCCCCCCCCCCOC(C)=O)cc1. The van der Waals surface area contributed by atoms with Crippen LogP contribution < -0.4 is 4.74 Å². The molecule has 0 saturated heterocycles. The lowest BCUT2D eigenvalue weighted by molar-refractivity contribution is -0.141. The molecule has 0 aliphatic carbocycles. The van der Waals surface area contributed by atoms with E-state index < -0.39 is 0 Å². The van der Waals surface area contributed by atoms with Crippen LogP contribution in [0.5, 0.6) is 5.75 Å². The standard InChI is InChI=1S/C20H32O4/c1-18(21)24-16-10-8-6-4-3-5-7-9-15-23-17-19-11-13-20(22-2)14-12-19/h11-14H,3-10,15-17H2,1-2H3. The molecular formula is C20H32O4. The van der Waals surface area contributed by atoms with Gasteiger partial charge in [0.25, 0.3) is 0 Å². The first-order chi connectivity index (χ1) is 11.7. The highest BCUT2D eigenvalue weighted by molar-refractivity contribution is 5.65. The molecule has 136 valence electrons. The molecule has 0 bridgehead atoms. The molecule has 0 N–H and O–H groups in total. The average molecular weight is 336 g/mol. The maximum Gasteiger partial charge on any atom is 0.302 e. The molecule has 0 aromatic heterocycles. The normalized spacial score (nSPS) is 10.6. The molecule has 0 unspecified atom stereocenters. The second-order valence-corrected chi connectivity index (χ2v) is 6.07. The van der Waals surface area contributed by atoms with Crippen LogP contribution in [-0.4, -0.2) is 26.3 Å². The van der Waals surface area contributed by atoms with E-state index in [1.54, 1.807) is 7.11 Å². The van der Waals surface area contributed by atoms with Crippen LogP contribution >= 0.6 is 0 Å². The molecule has 0 spiro atoms. The van der Waals surface area contributed by atoms with Gasteiger partial charge in [0.05, 0.1) is 20.3 Å². The van der Waals surface area contributed by atoms with Crippen molar-refractivity contribution in [2.24, 2.45) is 0 Å². The second-order valence-electron chi connectivity index (χ2n) is 6.07. The third-order valence-electron chi connectivity index (χ3n) is 3.92. The monoisotopic (exact) mass is 336 g/mol. The lowest BCUT2D eigenvalue weighted by atomic mass is 10.1. The number of rotatable bonds is 14. The van der Waals surface area contributed by atoms with E-state index in [4.69, 9.17) is 14.2 Å². The molecule has 4 heteroatoms. The van der Waals surface area contributed by atoms with Crippen molar-refractivity contribution < 1.29 is 19.0 Å². The molecule has 0 amide bonds. The number of carbonyl (C=O) groups is 1. The molecule has 0 atom stereocenters. The molecule has 0 saturated carbocycles. The summed E-state index contributed by atoms with van der Waals surface area (Å²) in [6.07, 6.45) is 9.56. The van der Waals surface area contributed by atoms with Gasteiger partial charge in [-0.3, -0.25) is 4.79 Å². The predicted octanol–water partition coefficient (Wildman–Crippen LogP) is 4.90. The highest BCUT2D eigenvalue weighted by Crippen LogP contribution is 2.12. The molecule has 0 aliphatic heterocycles. The molecule has 0 radical (unpaired) electrons. The van der Waals surface area contributed by atoms with Gasteiger partial charge in [0, 0.05) is 13.5 Å². The van der Waals surface area contributed by atoms with Gasteiger partial charge < -0.3 is 14.2 Å². The molecule has 24 heavy (non-hydrogen) atoms. The first-order valence-corrected chi connectivity index (χ1v) is 9.06. The summed E-state index contributed by atoms with van der Waals surface area (Å²) in [5.41, 5.74) is 1.18. The predicted molar refractivity (Wildman–Crippen MR) is 96.2 cm³/mol. The second kappa shape index (κ2) is 13.8. The Morgan fingerprint density at radius 2 is 1.38 bits per heavy atom. The van der Waals surface area contributed by atoms with E-state index in [9.17, 15) is 4.79 Å². The van der Waals surface area contributed by atoms with Gasteiger partial charge in [0.15, 0.2) is 0 Å². The fourth-order valence-electron chi connectivity index (χ4n) is 2.49. The minimum Gasteiger partial charge on any atom is -0.497 e. The van der Waals surface area contributed by atoms with Gasteiger partial charge in [-0.15, -0.1) is 0 Å². The van der Waals surface area contributed by atoms with E-state index in [1.807, 2.05) is 24.3 Å². The first-order valence-electron chi connectivity index (χ1n) is 9.06. The number of carbonyl (C=O) groups excluding carboxylic acids is 1. The summed E-state index contributed by atoms with van der Waals surface area (Å²) in [5.74, 6) is 0.703. The first kappa shape index (κ1) is 20.5. The van der Waals surface area contributed by atoms with Crippen molar-refractivity contribution in [1.29, 1.82) is 0 Å². The smallest absolute Gasteiger partial charge is 0.302 e. The van der Waals surface area contributed by atoms with E-state index in [-0.39, 0.29) is 5.97 Å². The van der Waals surface area contributed by atoms with Gasteiger partial charge in [-0.2, -0.15) is 0 Å². The number of hydrogen-bond acceptors (Lipinski definition) is 4. The highest BCUT2D eigenvalue weighted by atomic mass is 16.5. The molecule has 1 aromatic carbocycles. The topological polar surface area (TPSA) is 44.8 Å². The van der Waals surface area contributed by atoms with Crippen LogP contribution in [-0.2, 0) is 20.9 Å². The van der Waals surface area contributed by atoms with Crippen molar-refractivity contribution in [3.8, 4) is 5.75 Å². The molecule has 1 aromatic rings. The summed E-state index contributed by atoms with van der Waals surface area (Å²) in [7, 11) is 1.68. The van der Waals surface area contributed by atoms with Crippen LogP contribution in [0.2, 0.25) is 0 Å². The third-order valence-corrected chi connectivity index (χ3v) is 3.92. The number of benzene rings is 1. The Morgan fingerprint density at radius 1 is 0.833 bits per heavy atom. The van der Waals surface area contributed by atoms with Gasteiger partial charge in [-0.25, -0.2) is 0 Å². The van der Waals surface area contributed by atoms with E-state index in [0.717, 1.165) is 31.6 Å². The minimum absolute atomic E-state index is 0.177. The van der Waals surface area contributed by atoms with E-state index >= 15 is 0 Å². The average Bonchev–Trinajstić information content (AvgIpc) is 2.59. The van der Waals surface area contributed by atoms with Gasteiger partial charge in [-0.1, -0.05) is 50.7 Å². The lowest BCUT2D eigenvalue weighted by Gasteiger charge is -2.06. The van der Waals surface area contributed by atoms with Crippen LogP contribution in [0, 0.1) is 0 Å². The number of ether oxygens (including phenoxy) is 3. The van der Waals surface area contributed by atoms with Crippen LogP contribution in [0.25, 0.3) is 0 Å². The zero-order valence-electron chi connectivity index (χ0n) is 15.2. The van der Waals surface area contributed by atoms with Gasteiger partial charge in [0.1, 0.15) is 5.75 Å². The van der Waals surface area contributed by atoms with Gasteiger partial charge >= 0.3 is 5.97 Å². The number of unbranched alkanes of at least 4 members (excludes halogenated alkanes) is 7. The molecule has 4 nitrogen and oxygen atoms in total. The Hall–Kier alpha value is -1.55. The number of methoxy groups -OCH3 is 1. The van der Waals surface area contributed by atoms with Crippen LogP contribution in [0.1, 0.15) is 63.9 Å². The summed E-state index contributed by atoms with van der Waals surface area (Å²) >= 11 is 0. The van der Waals surface area contributed by atoms with Crippen molar-refractivity contribution in [2.75, 3.05) is 20.3 Å². The van der Waals surface area contributed by atoms with Crippen molar-refractivity contribution in [2.45, 2.75) is 64.9 Å². The highest BCUT2D eigenvalue weighted by Gasteiger charge is 1.97. The van der Waals surface area contributed by atoms with Crippen LogP contribution in [0.4, 0.5) is 0 Å². The maximum absolute atomic E-state index is 10.6. The van der Waals surface area contributed by atoms with Crippen LogP contribution in [0.3, 0.4) is 0 Å². The summed E-state index contributed by atoms with van der Waals surface area (Å²) in [6.45, 7) is 3.53. The largest absolute Gasteiger partial charge is 0.497 e. The van der Waals surface area contributed by atoms with Crippen molar-refractivity contribution in [1.82, 2.24) is 0 Å². The molecule has 0 fully saturated rings. The zero-order chi connectivity index (χ0) is 17.5.